The number of hydrogen-bond donors (Lipinski definition) is 0. The lowest BCUT2D eigenvalue weighted by Gasteiger charge is -2.42. The van der Waals surface area contributed by atoms with Crippen molar-refractivity contribution in [1.29, 1.82) is 0 Å². The van der Waals surface area contributed by atoms with E-state index in [1.807, 2.05) is 0 Å². The first-order chi connectivity index (χ1) is 10.9. The molecule has 0 aromatic rings. The van der Waals surface area contributed by atoms with E-state index >= 15 is 0 Å². The van der Waals surface area contributed by atoms with Gasteiger partial charge in [-0.25, -0.2) is 4.39 Å². The summed E-state index contributed by atoms with van der Waals surface area (Å²) in [5, 5.41) is -13.7. The predicted octanol–water partition coefficient (Wildman–Crippen LogP) is 5.33. The Morgan fingerprint density at radius 3 is 1.23 bits per heavy atom. The minimum Gasteiger partial charge on any atom is -0.282 e. The van der Waals surface area contributed by atoms with Crippen LogP contribution in [0.1, 0.15) is 0 Å². The van der Waals surface area contributed by atoms with Crippen molar-refractivity contribution >= 4 is 29.2 Å². The fourth-order valence-electron chi connectivity index (χ4n) is 1.08. The standard InChI is InChI=1S/C8Cl2F14O2/c9-3(13,4(14,15)6(10,17)18)5(16,8(22,23)24)26-2(12,1(11)25)7(19,20)21. The lowest BCUT2D eigenvalue weighted by molar-refractivity contribution is -0.454. The summed E-state index contributed by atoms with van der Waals surface area (Å²) in [5.41, 5.74) is 0. The van der Waals surface area contributed by atoms with Crippen LogP contribution in [0.25, 0.3) is 0 Å². The molecular formula is C8Cl2F14O2. The van der Waals surface area contributed by atoms with Crippen LogP contribution in [-0.2, 0) is 9.53 Å². The van der Waals surface area contributed by atoms with Crippen LogP contribution in [0.4, 0.5) is 61.5 Å². The maximum Gasteiger partial charge on any atom is 0.459 e. The van der Waals surface area contributed by atoms with Gasteiger partial charge in [-0.2, -0.15) is 57.1 Å². The van der Waals surface area contributed by atoms with Gasteiger partial charge in [0, 0.05) is 0 Å². The van der Waals surface area contributed by atoms with E-state index in [1.54, 1.807) is 4.74 Å². The molecule has 156 valence electrons. The van der Waals surface area contributed by atoms with Crippen molar-refractivity contribution in [2.75, 3.05) is 0 Å². The number of halogens is 16. The highest BCUT2D eigenvalue weighted by Gasteiger charge is 2.88. The van der Waals surface area contributed by atoms with Gasteiger partial charge in [0.05, 0.1) is 0 Å². The molecule has 0 bridgehead atoms. The molecular weight excluding hydrogens is 465 g/mol. The SMILES string of the molecule is O=C(F)C(F)(OC(F)(C(F)(F)F)C(F)(Cl)C(F)(F)C(F)(F)Cl)C(F)(F)F. The molecule has 0 radical (unpaired) electrons. The van der Waals surface area contributed by atoms with E-state index in [0.29, 0.717) is 0 Å². The zero-order chi connectivity index (χ0) is 21.8. The van der Waals surface area contributed by atoms with Gasteiger partial charge in [0.1, 0.15) is 0 Å². The fraction of sp³-hybridized carbons (Fsp3) is 0.875. The molecule has 0 rings (SSSR count). The van der Waals surface area contributed by atoms with Gasteiger partial charge in [-0.05, 0) is 11.6 Å². The first kappa shape index (κ1) is 25.2. The van der Waals surface area contributed by atoms with Crippen LogP contribution in [0.15, 0.2) is 0 Å². The van der Waals surface area contributed by atoms with Crippen molar-refractivity contribution in [3.8, 4) is 0 Å². The van der Waals surface area contributed by atoms with Gasteiger partial charge in [-0.1, -0.05) is 11.6 Å². The van der Waals surface area contributed by atoms with Crippen molar-refractivity contribution in [2.24, 2.45) is 0 Å². The first-order valence-corrected chi connectivity index (χ1v) is 5.89. The Hall–Kier alpha value is -0.770. The Kier molecular flexibility index (Phi) is 6.20. The van der Waals surface area contributed by atoms with Crippen molar-refractivity contribution in [3.05, 3.63) is 0 Å². The molecule has 0 aromatic carbocycles. The van der Waals surface area contributed by atoms with E-state index in [4.69, 9.17) is 0 Å². The van der Waals surface area contributed by atoms with Crippen molar-refractivity contribution in [3.63, 3.8) is 0 Å². The third-order valence-electron chi connectivity index (χ3n) is 2.42. The maximum atomic E-state index is 13.7. The molecule has 26 heavy (non-hydrogen) atoms. The highest BCUT2D eigenvalue weighted by molar-refractivity contribution is 6.27. The molecule has 0 heterocycles. The number of ether oxygens (including phenoxy) is 1. The van der Waals surface area contributed by atoms with Crippen molar-refractivity contribution < 1.29 is 71.0 Å². The van der Waals surface area contributed by atoms with Gasteiger partial charge in [0.2, 0.25) is 0 Å². The van der Waals surface area contributed by atoms with Crippen LogP contribution < -0.4 is 0 Å². The molecule has 0 saturated heterocycles. The Bertz CT molecular complexity index is 551. The van der Waals surface area contributed by atoms with Crippen LogP contribution in [0.2, 0.25) is 0 Å². The van der Waals surface area contributed by atoms with E-state index in [9.17, 15) is 66.3 Å². The number of carbonyl (C=O) groups is 1. The van der Waals surface area contributed by atoms with E-state index in [2.05, 4.69) is 23.2 Å². The minimum absolute atomic E-state index is 1.68. The summed E-state index contributed by atoms with van der Waals surface area (Å²) in [5.74, 6) is -21.9. The average molecular weight is 465 g/mol. The first-order valence-electron chi connectivity index (χ1n) is 5.14. The summed E-state index contributed by atoms with van der Waals surface area (Å²) in [6, 6.07) is -4.63. The molecule has 0 aliphatic rings. The molecule has 0 aliphatic carbocycles. The predicted molar refractivity (Wildman–Crippen MR) is 52.4 cm³/mol. The lowest BCUT2D eigenvalue weighted by Crippen LogP contribution is -2.71. The van der Waals surface area contributed by atoms with E-state index in [1.165, 1.54) is 0 Å². The molecule has 3 unspecified atom stereocenters. The summed E-state index contributed by atoms with van der Waals surface area (Å²) >= 11 is 7.23. The highest BCUT2D eigenvalue weighted by atomic mass is 35.5. The smallest absolute Gasteiger partial charge is 0.282 e. The van der Waals surface area contributed by atoms with Gasteiger partial charge in [-0.3, -0.25) is 9.53 Å². The summed E-state index contributed by atoms with van der Waals surface area (Å²) in [6.45, 7) is 0. The van der Waals surface area contributed by atoms with Crippen LogP contribution in [0.5, 0.6) is 0 Å². The number of alkyl halides is 15. The summed E-state index contributed by atoms with van der Waals surface area (Å²) in [6.07, 6.45) is -14.9. The van der Waals surface area contributed by atoms with Gasteiger partial charge in [0.25, 0.3) is 0 Å². The minimum atomic E-state index is -7.60. The molecule has 0 aliphatic heterocycles. The molecule has 0 fully saturated rings. The van der Waals surface area contributed by atoms with Crippen LogP contribution in [0.3, 0.4) is 0 Å². The van der Waals surface area contributed by atoms with Crippen molar-refractivity contribution in [2.45, 2.75) is 40.5 Å². The largest absolute Gasteiger partial charge is 0.459 e. The highest BCUT2D eigenvalue weighted by Crippen LogP contribution is 2.61. The van der Waals surface area contributed by atoms with Gasteiger partial charge < -0.3 is 0 Å². The third-order valence-corrected chi connectivity index (χ3v) is 3.14. The quantitative estimate of drug-likeness (QED) is 0.302. The van der Waals surface area contributed by atoms with E-state index in [0.717, 1.165) is 0 Å². The Labute approximate surface area is 141 Å². The summed E-state index contributed by atoms with van der Waals surface area (Å²) < 4.78 is 179. The van der Waals surface area contributed by atoms with Crippen LogP contribution >= 0.6 is 23.2 Å². The molecule has 2 nitrogen and oxygen atoms in total. The summed E-state index contributed by atoms with van der Waals surface area (Å²) in [4.78, 5) is 9.94. The number of rotatable bonds is 6. The zero-order valence-corrected chi connectivity index (χ0v) is 12.4. The fourth-order valence-corrected chi connectivity index (χ4v) is 1.53. The molecule has 0 N–H and O–H groups in total. The third kappa shape index (κ3) is 3.63. The van der Waals surface area contributed by atoms with E-state index in [-0.39, 0.29) is 0 Å². The van der Waals surface area contributed by atoms with Gasteiger partial charge in [-0.15, -0.1) is 0 Å². The molecule has 0 aromatic heterocycles. The molecule has 0 spiro atoms. The monoisotopic (exact) mass is 464 g/mol. The van der Waals surface area contributed by atoms with Gasteiger partial charge in [0.15, 0.2) is 0 Å². The molecule has 3 atom stereocenters. The molecule has 0 amide bonds. The second-order valence-corrected chi connectivity index (χ2v) is 5.20. The Morgan fingerprint density at radius 2 is 1.04 bits per heavy atom. The van der Waals surface area contributed by atoms with Crippen LogP contribution in [0, 0.1) is 0 Å². The van der Waals surface area contributed by atoms with E-state index < -0.39 is 46.5 Å². The van der Waals surface area contributed by atoms with Gasteiger partial charge >= 0.3 is 46.5 Å². The second-order valence-electron chi connectivity index (χ2n) is 4.21. The number of hydrogen-bond acceptors (Lipinski definition) is 2. The maximum absolute atomic E-state index is 13.7. The normalized spacial score (nSPS) is 21.5. The second kappa shape index (κ2) is 6.39. The topological polar surface area (TPSA) is 26.3 Å². The lowest BCUT2D eigenvalue weighted by atomic mass is 10.0. The Morgan fingerprint density at radius 1 is 0.692 bits per heavy atom. The average Bonchev–Trinajstić information content (AvgIpc) is 2.33. The summed E-state index contributed by atoms with van der Waals surface area (Å²) in [7, 11) is 0. The zero-order valence-electron chi connectivity index (χ0n) is 10.9. The molecule has 18 heteroatoms. The van der Waals surface area contributed by atoms with Crippen molar-refractivity contribution in [1.82, 2.24) is 0 Å². The van der Waals surface area contributed by atoms with Crippen LogP contribution in [-0.4, -0.2) is 46.5 Å². The number of carbonyl (C=O) groups excluding carboxylic acids is 1. The molecule has 0 saturated carbocycles. The Balaban J connectivity index is 6.75.